The lowest BCUT2D eigenvalue weighted by Crippen LogP contribution is -2.61. The van der Waals surface area contributed by atoms with E-state index in [2.05, 4.69) is 67.2 Å². The number of nitrogens with one attached hydrogen (secondary N) is 1. The monoisotopic (exact) mass is 242 g/mol. The minimum Gasteiger partial charge on any atom is -0.305 e. The molecule has 2 nitrogen and oxygen atoms in total. The van der Waals surface area contributed by atoms with Crippen molar-refractivity contribution in [3.63, 3.8) is 0 Å². The average molecular weight is 242 g/mol. The van der Waals surface area contributed by atoms with Crippen LogP contribution in [-0.4, -0.2) is 30.1 Å². The summed E-state index contributed by atoms with van der Waals surface area (Å²) in [5.74, 6) is 2.90. The predicted molar refractivity (Wildman–Crippen MR) is 76.3 cm³/mol. The predicted octanol–water partition coefficient (Wildman–Crippen LogP) is 2.22. The molecular weight excluding hydrogens is 220 g/mol. The van der Waals surface area contributed by atoms with Crippen LogP contribution in [-0.2, 0) is 5.54 Å². The Morgan fingerprint density at radius 1 is 1.33 bits per heavy atom. The summed E-state index contributed by atoms with van der Waals surface area (Å²) in [6.07, 6.45) is 5.65. The minimum absolute atomic E-state index is 0.0202. The number of terminal acetylenes is 1. The first-order chi connectivity index (χ1) is 8.48. The van der Waals surface area contributed by atoms with Gasteiger partial charge in [0, 0.05) is 19.6 Å². The van der Waals surface area contributed by atoms with Gasteiger partial charge in [0.15, 0.2) is 0 Å². The van der Waals surface area contributed by atoms with Crippen LogP contribution in [0.1, 0.15) is 26.3 Å². The van der Waals surface area contributed by atoms with Crippen LogP contribution in [0.2, 0.25) is 0 Å². The van der Waals surface area contributed by atoms with E-state index in [9.17, 15) is 0 Å². The second-order valence-corrected chi connectivity index (χ2v) is 5.75. The highest BCUT2D eigenvalue weighted by molar-refractivity contribution is 5.25. The van der Waals surface area contributed by atoms with Crippen molar-refractivity contribution in [1.29, 1.82) is 0 Å². The largest absolute Gasteiger partial charge is 0.305 e. The molecule has 1 heterocycles. The highest BCUT2D eigenvalue weighted by Gasteiger charge is 2.37. The first-order valence-corrected chi connectivity index (χ1v) is 6.51. The highest BCUT2D eigenvalue weighted by Crippen LogP contribution is 2.27. The summed E-state index contributed by atoms with van der Waals surface area (Å²) >= 11 is 0. The molecule has 2 rings (SSSR count). The van der Waals surface area contributed by atoms with Gasteiger partial charge < -0.3 is 5.32 Å². The summed E-state index contributed by atoms with van der Waals surface area (Å²) in [4.78, 5) is 2.39. The summed E-state index contributed by atoms with van der Waals surface area (Å²) in [6.45, 7) is 9.39. The second kappa shape index (κ2) is 4.76. The number of hydrogen-bond donors (Lipinski definition) is 1. The smallest absolute Gasteiger partial charge is 0.0767 e. The van der Waals surface area contributed by atoms with Gasteiger partial charge in [-0.2, -0.15) is 0 Å². The Morgan fingerprint density at radius 3 is 2.61 bits per heavy atom. The van der Waals surface area contributed by atoms with Crippen molar-refractivity contribution in [3.05, 3.63) is 35.9 Å². The Kier molecular flexibility index (Phi) is 3.47. The van der Waals surface area contributed by atoms with E-state index in [-0.39, 0.29) is 11.1 Å². The quantitative estimate of drug-likeness (QED) is 0.800. The van der Waals surface area contributed by atoms with Gasteiger partial charge in [-0.3, -0.25) is 4.90 Å². The van der Waals surface area contributed by atoms with E-state index in [0.29, 0.717) is 0 Å². The van der Waals surface area contributed by atoms with Gasteiger partial charge in [-0.05, 0) is 26.3 Å². The molecule has 0 bridgehead atoms. The van der Waals surface area contributed by atoms with Gasteiger partial charge in [-0.1, -0.05) is 36.3 Å². The van der Waals surface area contributed by atoms with Gasteiger partial charge in [0.2, 0.25) is 0 Å². The van der Waals surface area contributed by atoms with Crippen LogP contribution in [0.4, 0.5) is 0 Å². The van der Waals surface area contributed by atoms with E-state index in [0.717, 1.165) is 19.6 Å². The fourth-order valence-electron chi connectivity index (χ4n) is 2.55. The van der Waals surface area contributed by atoms with E-state index in [1.807, 2.05) is 0 Å². The SMILES string of the molecule is C#CC(C)(C)N1CCNC(C)(c2ccccc2)C1. The molecule has 1 aliphatic heterocycles. The van der Waals surface area contributed by atoms with E-state index in [4.69, 9.17) is 6.42 Å². The Balaban J connectivity index is 2.24. The summed E-state index contributed by atoms with van der Waals surface area (Å²) in [7, 11) is 0. The zero-order valence-electron chi connectivity index (χ0n) is 11.5. The lowest BCUT2D eigenvalue weighted by atomic mass is 9.87. The van der Waals surface area contributed by atoms with Gasteiger partial charge in [0.05, 0.1) is 11.1 Å². The number of hydrogen-bond acceptors (Lipinski definition) is 2. The number of nitrogens with zero attached hydrogens (tertiary/aromatic N) is 1. The standard InChI is InChI=1S/C16H22N2/c1-5-15(2,3)18-12-11-17-16(4,13-18)14-9-7-6-8-10-14/h1,6-10,17H,11-13H2,2-4H3. The van der Waals surface area contributed by atoms with Crippen LogP contribution in [0.25, 0.3) is 0 Å². The molecule has 0 radical (unpaired) electrons. The molecule has 1 atom stereocenters. The molecule has 1 saturated heterocycles. The molecule has 18 heavy (non-hydrogen) atoms. The van der Waals surface area contributed by atoms with E-state index < -0.39 is 0 Å². The molecular formula is C16H22N2. The van der Waals surface area contributed by atoms with Crippen LogP contribution in [0.5, 0.6) is 0 Å². The van der Waals surface area contributed by atoms with Crippen molar-refractivity contribution in [2.75, 3.05) is 19.6 Å². The lowest BCUT2D eigenvalue weighted by molar-refractivity contribution is 0.0821. The molecule has 1 N–H and O–H groups in total. The van der Waals surface area contributed by atoms with Crippen LogP contribution in [0.3, 0.4) is 0 Å². The Labute approximate surface area is 110 Å². The van der Waals surface area contributed by atoms with Gasteiger partial charge in [0.25, 0.3) is 0 Å². The maximum atomic E-state index is 5.65. The van der Waals surface area contributed by atoms with Crippen LogP contribution >= 0.6 is 0 Å². The zero-order chi connectivity index (χ0) is 13.2. The molecule has 1 fully saturated rings. The fourth-order valence-corrected chi connectivity index (χ4v) is 2.55. The molecule has 0 saturated carbocycles. The molecule has 96 valence electrons. The molecule has 1 aromatic carbocycles. The van der Waals surface area contributed by atoms with Gasteiger partial charge >= 0.3 is 0 Å². The topological polar surface area (TPSA) is 15.3 Å². The second-order valence-electron chi connectivity index (χ2n) is 5.75. The summed E-state index contributed by atoms with van der Waals surface area (Å²) in [6, 6.07) is 10.6. The van der Waals surface area contributed by atoms with E-state index in [1.54, 1.807) is 0 Å². The minimum atomic E-state index is -0.182. The van der Waals surface area contributed by atoms with Gasteiger partial charge in [-0.15, -0.1) is 6.42 Å². The summed E-state index contributed by atoms with van der Waals surface area (Å²) in [5.41, 5.74) is 1.12. The van der Waals surface area contributed by atoms with Crippen molar-refractivity contribution in [3.8, 4) is 12.3 Å². The van der Waals surface area contributed by atoms with Crippen molar-refractivity contribution in [1.82, 2.24) is 10.2 Å². The van der Waals surface area contributed by atoms with Crippen molar-refractivity contribution in [2.45, 2.75) is 31.8 Å². The molecule has 0 spiro atoms. The Morgan fingerprint density at radius 2 is 2.00 bits per heavy atom. The molecule has 2 heteroatoms. The molecule has 0 aliphatic carbocycles. The lowest BCUT2D eigenvalue weighted by Gasteiger charge is -2.46. The third-order valence-electron chi connectivity index (χ3n) is 3.96. The number of benzene rings is 1. The number of piperazine rings is 1. The van der Waals surface area contributed by atoms with E-state index >= 15 is 0 Å². The third-order valence-corrected chi connectivity index (χ3v) is 3.96. The fraction of sp³-hybridized carbons (Fsp3) is 0.500. The number of rotatable bonds is 2. The Hall–Kier alpha value is -1.30. The van der Waals surface area contributed by atoms with Crippen molar-refractivity contribution >= 4 is 0 Å². The first-order valence-electron chi connectivity index (χ1n) is 6.51. The zero-order valence-corrected chi connectivity index (χ0v) is 11.5. The normalized spacial score (nSPS) is 25.7. The molecule has 1 unspecified atom stereocenters. The first kappa shape index (κ1) is 13.1. The maximum Gasteiger partial charge on any atom is 0.0767 e. The average Bonchev–Trinajstić information content (AvgIpc) is 2.40. The molecule has 0 amide bonds. The Bertz CT molecular complexity index is 444. The van der Waals surface area contributed by atoms with Crippen LogP contribution in [0.15, 0.2) is 30.3 Å². The van der Waals surface area contributed by atoms with Crippen LogP contribution < -0.4 is 5.32 Å². The van der Waals surface area contributed by atoms with E-state index in [1.165, 1.54) is 5.56 Å². The molecule has 1 aromatic rings. The van der Waals surface area contributed by atoms with Crippen molar-refractivity contribution in [2.24, 2.45) is 0 Å². The summed E-state index contributed by atoms with van der Waals surface area (Å²) in [5, 5.41) is 3.63. The van der Waals surface area contributed by atoms with Gasteiger partial charge in [-0.25, -0.2) is 0 Å². The van der Waals surface area contributed by atoms with Crippen LogP contribution in [0, 0.1) is 12.3 Å². The molecule has 1 aliphatic rings. The maximum absolute atomic E-state index is 5.65. The highest BCUT2D eigenvalue weighted by atomic mass is 15.3. The van der Waals surface area contributed by atoms with Gasteiger partial charge in [0.1, 0.15) is 0 Å². The van der Waals surface area contributed by atoms with Crippen molar-refractivity contribution < 1.29 is 0 Å². The third kappa shape index (κ3) is 2.43. The molecule has 0 aromatic heterocycles. The summed E-state index contributed by atoms with van der Waals surface area (Å²) < 4.78 is 0.